The summed E-state index contributed by atoms with van der Waals surface area (Å²) >= 11 is 5.17. The molecule has 2 aromatic rings. The van der Waals surface area contributed by atoms with Gasteiger partial charge in [-0.05, 0) is 43.5 Å². The standard InChI is InChI=1S/C20H21N5O4S/c1-23-8-10-24(11-9-23)19(27)15-5-2-6-16(12-15)21-20(30)22-18(26)14-4-3-7-17(13-14)25(28)29/h2-7,12-13H,8-11H2,1H3,(H2,21,22,26,30). The van der Waals surface area contributed by atoms with Crippen LogP contribution in [0.3, 0.4) is 0 Å². The molecule has 0 aromatic heterocycles. The van der Waals surface area contributed by atoms with Gasteiger partial charge in [0.05, 0.1) is 4.92 Å². The highest BCUT2D eigenvalue weighted by atomic mass is 32.1. The maximum absolute atomic E-state index is 12.7. The fraction of sp³-hybridized carbons (Fsp3) is 0.250. The number of thiocarbonyl (C=S) groups is 1. The van der Waals surface area contributed by atoms with E-state index in [-0.39, 0.29) is 22.3 Å². The number of nitrogens with zero attached hydrogens (tertiary/aromatic N) is 3. The van der Waals surface area contributed by atoms with E-state index >= 15 is 0 Å². The molecule has 1 heterocycles. The quantitative estimate of drug-likeness (QED) is 0.437. The number of benzene rings is 2. The Balaban J connectivity index is 1.62. The molecule has 1 aliphatic rings. The van der Waals surface area contributed by atoms with Crippen molar-refractivity contribution in [1.82, 2.24) is 15.1 Å². The van der Waals surface area contributed by atoms with E-state index < -0.39 is 10.8 Å². The Morgan fingerprint density at radius 2 is 1.70 bits per heavy atom. The molecule has 3 rings (SSSR count). The molecular weight excluding hydrogens is 406 g/mol. The molecular formula is C20H21N5O4S. The summed E-state index contributed by atoms with van der Waals surface area (Å²) in [6, 6.07) is 12.2. The smallest absolute Gasteiger partial charge is 0.270 e. The first-order chi connectivity index (χ1) is 14.3. The van der Waals surface area contributed by atoms with Crippen LogP contribution in [-0.4, -0.2) is 64.9 Å². The van der Waals surface area contributed by atoms with Crippen molar-refractivity contribution in [2.75, 3.05) is 38.5 Å². The topological polar surface area (TPSA) is 108 Å². The van der Waals surface area contributed by atoms with Crippen LogP contribution in [0.2, 0.25) is 0 Å². The molecule has 156 valence electrons. The summed E-state index contributed by atoms with van der Waals surface area (Å²) in [7, 11) is 2.02. The number of rotatable bonds is 4. The molecule has 2 amide bonds. The van der Waals surface area contributed by atoms with Gasteiger partial charge in [-0.1, -0.05) is 12.1 Å². The normalized spacial score (nSPS) is 14.1. The molecule has 1 saturated heterocycles. The highest BCUT2D eigenvalue weighted by Crippen LogP contribution is 2.15. The fourth-order valence-corrected chi connectivity index (χ4v) is 3.23. The van der Waals surface area contributed by atoms with Crippen molar-refractivity contribution in [2.24, 2.45) is 0 Å². The minimum Gasteiger partial charge on any atom is -0.336 e. The average Bonchev–Trinajstić information content (AvgIpc) is 2.74. The lowest BCUT2D eigenvalue weighted by Crippen LogP contribution is -2.47. The summed E-state index contributed by atoms with van der Waals surface area (Å²) in [6.07, 6.45) is 0. The first kappa shape index (κ1) is 21.3. The van der Waals surface area contributed by atoms with E-state index in [2.05, 4.69) is 15.5 Å². The van der Waals surface area contributed by atoms with Crippen molar-refractivity contribution in [1.29, 1.82) is 0 Å². The van der Waals surface area contributed by atoms with E-state index in [0.717, 1.165) is 13.1 Å². The molecule has 0 saturated carbocycles. The number of non-ortho nitro benzene ring substituents is 1. The predicted molar refractivity (Wildman–Crippen MR) is 117 cm³/mol. The molecule has 10 heteroatoms. The minimum atomic E-state index is -0.573. The number of hydrogen-bond donors (Lipinski definition) is 2. The third-order valence-electron chi connectivity index (χ3n) is 4.70. The zero-order valence-corrected chi connectivity index (χ0v) is 17.1. The lowest BCUT2D eigenvalue weighted by molar-refractivity contribution is -0.384. The summed E-state index contributed by atoms with van der Waals surface area (Å²) < 4.78 is 0. The highest BCUT2D eigenvalue weighted by Gasteiger charge is 2.20. The minimum absolute atomic E-state index is 0.0238. The van der Waals surface area contributed by atoms with Crippen molar-refractivity contribution in [3.8, 4) is 0 Å². The predicted octanol–water partition coefficient (Wildman–Crippen LogP) is 2.11. The summed E-state index contributed by atoms with van der Waals surface area (Å²) in [5, 5.41) is 16.2. The summed E-state index contributed by atoms with van der Waals surface area (Å²) in [5.41, 5.74) is 1.01. The van der Waals surface area contributed by atoms with Gasteiger partial charge in [-0.2, -0.15) is 0 Å². The number of nitro benzene ring substituents is 1. The molecule has 0 unspecified atom stereocenters. The van der Waals surface area contributed by atoms with Crippen LogP contribution in [0, 0.1) is 10.1 Å². The number of nitro groups is 1. The molecule has 0 radical (unpaired) electrons. The Bertz CT molecular complexity index is 989. The number of anilines is 1. The Morgan fingerprint density at radius 3 is 2.40 bits per heavy atom. The summed E-state index contributed by atoms with van der Waals surface area (Å²) in [6.45, 7) is 3.00. The van der Waals surface area contributed by atoms with Crippen LogP contribution < -0.4 is 10.6 Å². The van der Waals surface area contributed by atoms with Crippen molar-refractivity contribution in [3.63, 3.8) is 0 Å². The Labute approximate surface area is 178 Å². The van der Waals surface area contributed by atoms with Crippen LogP contribution in [0.15, 0.2) is 48.5 Å². The van der Waals surface area contributed by atoms with Crippen molar-refractivity contribution in [2.45, 2.75) is 0 Å². The monoisotopic (exact) mass is 427 g/mol. The fourth-order valence-electron chi connectivity index (χ4n) is 3.02. The molecule has 2 N–H and O–H groups in total. The number of carbonyl (C=O) groups is 2. The van der Waals surface area contributed by atoms with E-state index in [1.807, 2.05) is 11.9 Å². The van der Waals surface area contributed by atoms with Crippen LogP contribution >= 0.6 is 12.2 Å². The van der Waals surface area contributed by atoms with Gasteiger partial charge in [0.2, 0.25) is 0 Å². The van der Waals surface area contributed by atoms with Crippen molar-refractivity contribution < 1.29 is 14.5 Å². The number of piperazine rings is 1. The van der Waals surface area contributed by atoms with Crippen LogP contribution in [0.1, 0.15) is 20.7 Å². The van der Waals surface area contributed by atoms with Crippen LogP contribution in [0.5, 0.6) is 0 Å². The van der Waals surface area contributed by atoms with Crippen LogP contribution in [0.4, 0.5) is 11.4 Å². The van der Waals surface area contributed by atoms with Gasteiger partial charge in [-0.15, -0.1) is 0 Å². The second kappa shape index (κ2) is 9.42. The van der Waals surface area contributed by atoms with Crippen molar-refractivity contribution in [3.05, 3.63) is 69.8 Å². The molecule has 1 aliphatic heterocycles. The SMILES string of the molecule is CN1CCN(C(=O)c2cccc(NC(=S)NC(=O)c3cccc([N+](=O)[O-])c3)c2)CC1. The molecule has 0 spiro atoms. The zero-order valence-electron chi connectivity index (χ0n) is 16.3. The van der Waals surface area contributed by atoms with E-state index in [4.69, 9.17) is 12.2 Å². The van der Waals surface area contributed by atoms with Gasteiger partial charge in [0.15, 0.2) is 5.11 Å². The number of nitrogens with one attached hydrogen (secondary N) is 2. The maximum atomic E-state index is 12.7. The van der Waals surface area contributed by atoms with E-state index in [9.17, 15) is 19.7 Å². The first-order valence-electron chi connectivity index (χ1n) is 9.28. The van der Waals surface area contributed by atoms with Gasteiger partial charge in [0.1, 0.15) is 0 Å². The molecule has 0 atom stereocenters. The number of likely N-dealkylation sites (N-methyl/N-ethyl adjacent to an activating group) is 1. The Kier molecular flexibility index (Phi) is 6.70. The van der Waals surface area contributed by atoms with E-state index in [0.29, 0.717) is 24.3 Å². The molecule has 1 fully saturated rings. The molecule has 2 aromatic carbocycles. The number of hydrogen-bond acceptors (Lipinski definition) is 6. The van der Waals surface area contributed by atoms with Gasteiger partial charge in [-0.3, -0.25) is 25.0 Å². The lowest BCUT2D eigenvalue weighted by Gasteiger charge is -2.32. The third kappa shape index (κ3) is 5.37. The van der Waals surface area contributed by atoms with E-state index in [1.165, 1.54) is 24.3 Å². The van der Waals surface area contributed by atoms with Gasteiger partial charge >= 0.3 is 0 Å². The first-order valence-corrected chi connectivity index (χ1v) is 9.69. The molecule has 30 heavy (non-hydrogen) atoms. The lowest BCUT2D eigenvalue weighted by atomic mass is 10.1. The van der Waals surface area contributed by atoms with Crippen LogP contribution in [0.25, 0.3) is 0 Å². The second-order valence-electron chi connectivity index (χ2n) is 6.89. The van der Waals surface area contributed by atoms with Gasteiger partial charge < -0.3 is 15.1 Å². The zero-order chi connectivity index (χ0) is 21.7. The van der Waals surface area contributed by atoms with E-state index in [1.54, 1.807) is 24.3 Å². The summed E-state index contributed by atoms with van der Waals surface area (Å²) in [4.78, 5) is 39.3. The van der Waals surface area contributed by atoms with Crippen LogP contribution in [-0.2, 0) is 0 Å². The highest BCUT2D eigenvalue weighted by molar-refractivity contribution is 7.80. The maximum Gasteiger partial charge on any atom is 0.270 e. The molecule has 9 nitrogen and oxygen atoms in total. The summed E-state index contributed by atoms with van der Waals surface area (Å²) in [5.74, 6) is -0.626. The third-order valence-corrected chi connectivity index (χ3v) is 4.91. The average molecular weight is 427 g/mol. The van der Waals surface area contributed by atoms with Gasteiger partial charge in [-0.25, -0.2) is 0 Å². The Morgan fingerprint density at radius 1 is 1.03 bits per heavy atom. The second-order valence-corrected chi connectivity index (χ2v) is 7.30. The van der Waals surface area contributed by atoms with Gasteiger partial charge in [0.25, 0.3) is 17.5 Å². The molecule has 0 bridgehead atoms. The Hall–Kier alpha value is -3.37. The van der Waals surface area contributed by atoms with Crippen molar-refractivity contribution >= 4 is 40.5 Å². The number of amides is 2. The largest absolute Gasteiger partial charge is 0.336 e. The van der Waals surface area contributed by atoms with Gasteiger partial charge in [0, 0.05) is 55.1 Å². The molecule has 0 aliphatic carbocycles. The number of carbonyl (C=O) groups excluding carboxylic acids is 2.